The van der Waals surface area contributed by atoms with Gasteiger partial charge in [-0.1, -0.05) is 0 Å². The zero-order chi connectivity index (χ0) is 0. The molecule has 0 heterocycles. The summed E-state index contributed by atoms with van der Waals surface area (Å²) in [6.07, 6.45) is 0. The Kier molecular flexibility index (Phi) is 112. The van der Waals surface area contributed by atoms with E-state index >= 15 is 0 Å². The van der Waals surface area contributed by atoms with Crippen LogP contribution in [0.25, 0.3) is 0 Å². The Morgan fingerprint density at radius 3 is 1.00 bits per heavy atom. The molecular formula is BiCuPbSb. The van der Waals surface area contributed by atoms with Crippen molar-refractivity contribution in [1.29, 1.82) is 0 Å². The van der Waals surface area contributed by atoms with E-state index in [1.54, 1.807) is 0 Å². The SMILES string of the molecule is [Bi].[Cu].[Pb].[Sb]. The molecule has 0 aliphatic carbocycles. The average Bonchev–Trinajstić information content (AvgIpc) is 0. The van der Waals surface area contributed by atoms with Gasteiger partial charge >= 0.3 is 0 Å². The molecular weight excluding hydrogens is 601 g/mol. The zero-order valence-corrected chi connectivity index (χ0v) is 12.6. The fraction of sp³-hybridized carbons (Fsp3) is 0. The van der Waals surface area contributed by atoms with Crippen molar-refractivity contribution in [2.24, 2.45) is 0 Å². The maximum absolute atomic E-state index is 0. The molecule has 0 atom stereocenters. The van der Waals surface area contributed by atoms with Crippen LogP contribution in [0, 0.1) is 0 Å². The van der Waals surface area contributed by atoms with E-state index in [4.69, 9.17) is 0 Å². The van der Waals surface area contributed by atoms with Crippen LogP contribution in [0.3, 0.4) is 0 Å². The molecule has 0 aromatic carbocycles. The average molecular weight is 601 g/mol. The molecule has 0 amide bonds. The largest absolute Gasteiger partial charge is 0 e. The van der Waals surface area contributed by atoms with Crippen LogP contribution in [0.2, 0.25) is 0 Å². The number of hydrogen-bond acceptors (Lipinski definition) is 0. The monoisotopic (exact) mass is 601 g/mol. The molecule has 0 saturated heterocycles. The van der Waals surface area contributed by atoms with Gasteiger partial charge < -0.3 is 0 Å². The first-order chi connectivity index (χ1) is 0. The molecule has 0 aromatic heterocycles. The predicted octanol–water partition coefficient (Wildman–Crippen LogP) is -1.14. The van der Waals surface area contributed by atoms with E-state index in [1.165, 1.54) is 0 Å². The van der Waals surface area contributed by atoms with Gasteiger partial charge in [0.25, 0.3) is 0 Å². The second-order valence-electron chi connectivity index (χ2n) is 0. The van der Waals surface area contributed by atoms with Crippen molar-refractivity contribution in [2.45, 2.75) is 0 Å². The summed E-state index contributed by atoms with van der Waals surface area (Å²) in [6, 6.07) is 0. The molecule has 0 unspecified atom stereocenters. The summed E-state index contributed by atoms with van der Waals surface area (Å²) >= 11 is 0. The second kappa shape index (κ2) is 16.4. The van der Waals surface area contributed by atoms with Crippen molar-refractivity contribution >= 4 is 77.9 Å². The Morgan fingerprint density at radius 2 is 1.00 bits per heavy atom. The summed E-state index contributed by atoms with van der Waals surface area (Å²) in [5.74, 6) is 0. The fourth-order valence-corrected chi connectivity index (χ4v) is 0. The second-order valence-corrected chi connectivity index (χ2v) is 0. The maximum atomic E-state index is 0. The zero-order valence-electron chi connectivity index (χ0n) is 1.70. The summed E-state index contributed by atoms with van der Waals surface area (Å²) in [4.78, 5) is 0. The first-order valence-electron chi connectivity index (χ1n) is 0. The molecule has 0 saturated carbocycles. The fourth-order valence-electron chi connectivity index (χ4n) is 0. The molecule has 0 bridgehead atoms. The van der Waals surface area contributed by atoms with Gasteiger partial charge in [0.15, 0.2) is 0 Å². The molecule has 0 rings (SSSR count). The molecule has 0 N–H and O–H groups in total. The standard InChI is InChI=1S/Bi.Cu.Pb.Sb. The van der Waals surface area contributed by atoms with Gasteiger partial charge in [-0.2, -0.15) is 0 Å². The normalized spacial score (nSPS) is 0. The van der Waals surface area contributed by atoms with Gasteiger partial charge in [-0.25, -0.2) is 0 Å². The molecule has 0 aliphatic heterocycles. The maximum Gasteiger partial charge on any atom is 0 e. The van der Waals surface area contributed by atoms with Crippen molar-refractivity contribution < 1.29 is 17.1 Å². The Hall–Kier alpha value is 3.14. The van der Waals surface area contributed by atoms with Gasteiger partial charge in [0.2, 0.25) is 0 Å². The Balaban J connectivity index is 0. The quantitative estimate of drug-likeness (QED) is 0.308. The summed E-state index contributed by atoms with van der Waals surface area (Å²) in [6.45, 7) is 0. The Bertz CT molecular complexity index is 8.00. The molecule has 4 heteroatoms. The van der Waals surface area contributed by atoms with Crippen LogP contribution in [0.4, 0.5) is 0 Å². The van der Waals surface area contributed by atoms with Crippen LogP contribution < -0.4 is 0 Å². The Labute approximate surface area is 93.1 Å². The topological polar surface area (TPSA) is 0 Å². The van der Waals surface area contributed by atoms with Gasteiger partial charge in [-0.3, -0.25) is 0 Å². The van der Waals surface area contributed by atoms with Crippen LogP contribution >= 0.6 is 0 Å². The van der Waals surface area contributed by atoms with Gasteiger partial charge in [0.1, 0.15) is 0 Å². The number of hydrogen-bond donors (Lipinski definition) is 0. The summed E-state index contributed by atoms with van der Waals surface area (Å²) < 4.78 is 0. The minimum atomic E-state index is 0. The van der Waals surface area contributed by atoms with Gasteiger partial charge in [0.05, 0.1) is 0 Å². The molecule has 11 radical (unpaired) electrons. The van der Waals surface area contributed by atoms with Gasteiger partial charge in [-0.15, -0.1) is 0 Å². The molecule has 0 aliphatic rings. The third-order valence-electron chi connectivity index (χ3n) is 0. The van der Waals surface area contributed by atoms with Crippen molar-refractivity contribution in [2.75, 3.05) is 0 Å². The van der Waals surface area contributed by atoms with Crippen LogP contribution in [-0.4, -0.2) is 77.9 Å². The Morgan fingerprint density at radius 1 is 1.00 bits per heavy atom. The van der Waals surface area contributed by atoms with Crippen molar-refractivity contribution in [1.82, 2.24) is 0 Å². The molecule has 25 valence electrons. The van der Waals surface area contributed by atoms with Crippen LogP contribution in [0.15, 0.2) is 0 Å². The molecule has 0 aromatic rings. The minimum Gasteiger partial charge on any atom is 0 e. The van der Waals surface area contributed by atoms with E-state index in [0.717, 1.165) is 0 Å². The number of rotatable bonds is 0. The predicted molar refractivity (Wildman–Crippen MR) is 17.3 cm³/mol. The van der Waals surface area contributed by atoms with Crippen molar-refractivity contribution in [3.05, 3.63) is 0 Å². The van der Waals surface area contributed by atoms with E-state index in [1.807, 2.05) is 0 Å². The molecule has 0 fully saturated rings. The smallest absolute Gasteiger partial charge is 0 e. The first kappa shape index (κ1) is 27.3. The van der Waals surface area contributed by atoms with Gasteiger partial charge in [-0.05, 0) is 0 Å². The van der Waals surface area contributed by atoms with E-state index in [0.29, 0.717) is 0 Å². The minimum absolute atomic E-state index is 0. The molecule has 0 nitrogen and oxygen atoms in total. The summed E-state index contributed by atoms with van der Waals surface area (Å²) in [5.41, 5.74) is 0. The van der Waals surface area contributed by atoms with Crippen LogP contribution in [0.1, 0.15) is 0 Å². The van der Waals surface area contributed by atoms with Crippen LogP contribution in [-0.2, 0) is 17.1 Å². The first-order valence-corrected chi connectivity index (χ1v) is 0. The van der Waals surface area contributed by atoms with E-state index in [2.05, 4.69) is 0 Å². The van der Waals surface area contributed by atoms with Crippen molar-refractivity contribution in [3.8, 4) is 0 Å². The summed E-state index contributed by atoms with van der Waals surface area (Å²) in [7, 11) is 0. The third kappa shape index (κ3) is 8.94. The van der Waals surface area contributed by atoms with Gasteiger partial charge in [0, 0.05) is 95.0 Å². The molecule has 4 heavy (non-hydrogen) atoms. The van der Waals surface area contributed by atoms with E-state index in [-0.39, 0.29) is 95.0 Å². The third-order valence-corrected chi connectivity index (χ3v) is 0. The van der Waals surface area contributed by atoms with E-state index < -0.39 is 0 Å². The summed E-state index contributed by atoms with van der Waals surface area (Å²) in [5, 5.41) is 0. The van der Waals surface area contributed by atoms with Crippen LogP contribution in [0.5, 0.6) is 0 Å². The van der Waals surface area contributed by atoms with E-state index in [9.17, 15) is 0 Å². The molecule has 0 spiro atoms. The van der Waals surface area contributed by atoms with Crippen molar-refractivity contribution in [3.63, 3.8) is 0 Å².